The van der Waals surface area contributed by atoms with Gasteiger partial charge >= 0.3 is 0 Å². The van der Waals surface area contributed by atoms with E-state index >= 15 is 0 Å². The van der Waals surface area contributed by atoms with E-state index in [2.05, 4.69) is 15.3 Å². The minimum absolute atomic E-state index is 0.436. The van der Waals surface area contributed by atoms with Crippen LogP contribution in [-0.4, -0.2) is 30.2 Å². The second-order valence-electron chi connectivity index (χ2n) is 4.41. The van der Waals surface area contributed by atoms with E-state index in [1.807, 2.05) is 24.3 Å². The maximum absolute atomic E-state index is 5.69. The zero-order valence-corrected chi connectivity index (χ0v) is 10.7. The van der Waals surface area contributed by atoms with Crippen LogP contribution < -0.4 is 14.8 Å². The topological polar surface area (TPSA) is 56.3 Å². The Morgan fingerprint density at radius 3 is 2.47 bits per heavy atom. The third-order valence-corrected chi connectivity index (χ3v) is 3.07. The second kappa shape index (κ2) is 5.24. The van der Waals surface area contributed by atoms with Crippen molar-refractivity contribution in [3.63, 3.8) is 0 Å². The Bertz CT molecular complexity index is 553. The van der Waals surface area contributed by atoms with E-state index in [9.17, 15) is 0 Å². The summed E-state index contributed by atoms with van der Waals surface area (Å²) in [5.41, 5.74) is 0. The Hall–Kier alpha value is -2.14. The fourth-order valence-electron chi connectivity index (χ4n) is 1.86. The fourth-order valence-corrected chi connectivity index (χ4v) is 1.86. The number of ether oxygens (including phenoxy) is 2. The summed E-state index contributed by atoms with van der Waals surface area (Å²) in [6, 6.07) is 7.44. The average molecular weight is 257 g/mol. The Balaban J connectivity index is 1.71. The molecule has 1 N–H and O–H groups in total. The molecule has 5 heteroatoms. The molecule has 1 fully saturated rings. The number of nitrogens with one attached hydrogen (secondary N) is 1. The van der Waals surface area contributed by atoms with Gasteiger partial charge < -0.3 is 14.8 Å². The van der Waals surface area contributed by atoms with Crippen LogP contribution in [0.4, 0.5) is 0 Å². The summed E-state index contributed by atoms with van der Waals surface area (Å²) in [5, 5.41) is 3.20. The summed E-state index contributed by atoms with van der Waals surface area (Å²) in [6.07, 6.45) is 3.42. The number of methoxy groups -OCH3 is 1. The zero-order valence-electron chi connectivity index (χ0n) is 10.7. The van der Waals surface area contributed by atoms with E-state index in [1.165, 1.54) is 0 Å². The van der Waals surface area contributed by atoms with E-state index in [0.717, 1.165) is 24.7 Å². The number of nitrogens with zero attached hydrogens (tertiary/aromatic N) is 2. The van der Waals surface area contributed by atoms with Crippen LogP contribution >= 0.6 is 0 Å². The van der Waals surface area contributed by atoms with Gasteiger partial charge in [-0.3, -0.25) is 0 Å². The zero-order chi connectivity index (χ0) is 13.1. The van der Waals surface area contributed by atoms with Gasteiger partial charge in [-0.25, -0.2) is 9.97 Å². The second-order valence-corrected chi connectivity index (χ2v) is 4.41. The summed E-state index contributed by atoms with van der Waals surface area (Å²) >= 11 is 0. The molecule has 2 heterocycles. The van der Waals surface area contributed by atoms with Gasteiger partial charge in [0.05, 0.1) is 19.5 Å². The molecule has 0 aliphatic carbocycles. The quantitative estimate of drug-likeness (QED) is 0.907. The van der Waals surface area contributed by atoms with Gasteiger partial charge in [-0.15, -0.1) is 0 Å². The van der Waals surface area contributed by atoms with Crippen LogP contribution in [0.2, 0.25) is 0 Å². The highest BCUT2D eigenvalue weighted by molar-refractivity contribution is 5.35. The summed E-state index contributed by atoms with van der Waals surface area (Å²) in [7, 11) is 1.63. The smallest absolute Gasteiger partial charge is 0.164 e. The molecule has 3 rings (SSSR count). The molecule has 0 atom stereocenters. The molecule has 1 aliphatic heterocycles. The molecular weight excluding hydrogens is 242 g/mol. The Kier molecular flexibility index (Phi) is 3.29. The molecule has 0 spiro atoms. The van der Waals surface area contributed by atoms with Crippen molar-refractivity contribution in [2.45, 2.75) is 5.92 Å². The summed E-state index contributed by atoms with van der Waals surface area (Å²) in [6.45, 7) is 1.91. The van der Waals surface area contributed by atoms with Gasteiger partial charge in [-0.2, -0.15) is 0 Å². The van der Waals surface area contributed by atoms with Gasteiger partial charge in [-0.05, 0) is 12.1 Å². The molecule has 0 amide bonds. The number of aromatic nitrogens is 2. The van der Waals surface area contributed by atoms with Crippen LogP contribution in [0.3, 0.4) is 0 Å². The third-order valence-electron chi connectivity index (χ3n) is 3.07. The predicted octanol–water partition coefficient (Wildman–Crippen LogP) is 1.96. The van der Waals surface area contributed by atoms with Crippen LogP contribution in [0, 0.1) is 0 Å². The fraction of sp³-hybridized carbons (Fsp3) is 0.286. The third kappa shape index (κ3) is 2.66. The van der Waals surface area contributed by atoms with Gasteiger partial charge in [0.15, 0.2) is 5.75 Å². The molecule has 1 aromatic heterocycles. The number of hydrogen-bond donors (Lipinski definition) is 1. The summed E-state index contributed by atoms with van der Waals surface area (Å²) in [4.78, 5) is 8.66. The molecule has 0 unspecified atom stereocenters. The van der Waals surface area contributed by atoms with E-state index < -0.39 is 0 Å². The lowest BCUT2D eigenvalue weighted by Crippen LogP contribution is -2.40. The molecular formula is C14H15N3O2. The predicted molar refractivity (Wildman–Crippen MR) is 70.7 cm³/mol. The SMILES string of the molecule is COc1cccc(Oc2cnc(C3CNC3)nc2)c1. The van der Waals surface area contributed by atoms with Crippen LogP contribution in [-0.2, 0) is 0 Å². The van der Waals surface area contributed by atoms with Crippen LogP contribution in [0.5, 0.6) is 17.2 Å². The first-order chi connectivity index (χ1) is 9.35. The van der Waals surface area contributed by atoms with Gasteiger partial charge in [-0.1, -0.05) is 6.07 Å². The van der Waals surface area contributed by atoms with Crippen molar-refractivity contribution in [2.24, 2.45) is 0 Å². The highest BCUT2D eigenvalue weighted by Crippen LogP contribution is 2.25. The average Bonchev–Trinajstić information content (AvgIpc) is 2.39. The molecule has 1 aliphatic rings. The molecule has 1 saturated heterocycles. The van der Waals surface area contributed by atoms with Gasteiger partial charge in [0.25, 0.3) is 0 Å². The molecule has 19 heavy (non-hydrogen) atoms. The lowest BCUT2D eigenvalue weighted by atomic mass is 10.0. The molecule has 2 aromatic rings. The first-order valence-electron chi connectivity index (χ1n) is 6.20. The van der Waals surface area contributed by atoms with Gasteiger partial charge in [0.2, 0.25) is 0 Å². The molecule has 0 radical (unpaired) electrons. The van der Waals surface area contributed by atoms with E-state index in [-0.39, 0.29) is 0 Å². The van der Waals surface area contributed by atoms with Crippen molar-refractivity contribution in [2.75, 3.05) is 20.2 Å². The number of benzene rings is 1. The van der Waals surface area contributed by atoms with Crippen molar-refractivity contribution in [1.82, 2.24) is 15.3 Å². The Morgan fingerprint density at radius 2 is 1.84 bits per heavy atom. The summed E-state index contributed by atoms with van der Waals surface area (Å²) in [5.74, 6) is 3.41. The minimum Gasteiger partial charge on any atom is -0.497 e. The molecule has 0 bridgehead atoms. The van der Waals surface area contributed by atoms with Crippen molar-refractivity contribution < 1.29 is 9.47 Å². The van der Waals surface area contributed by atoms with Crippen molar-refractivity contribution in [3.05, 3.63) is 42.5 Å². The molecule has 1 aromatic carbocycles. The maximum atomic E-state index is 5.69. The standard InChI is InChI=1S/C14H15N3O2/c1-18-11-3-2-4-12(5-11)19-13-8-16-14(17-9-13)10-6-15-7-10/h2-5,8-10,15H,6-7H2,1H3. The number of rotatable bonds is 4. The highest BCUT2D eigenvalue weighted by atomic mass is 16.5. The van der Waals surface area contributed by atoms with Crippen LogP contribution in [0.25, 0.3) is 0 Å². The van der Waals surface area contributed by atoms with Crippen LogP contribution in [0.1, 0.15) is 11.7 Å². The van der Waals surface area contributed by atoms with Gasteiger partial charge in [0.1, 0.15) is 17.3 Å². The van der Waals surface area contributed by atoms with Crippen LogP contribution in [0.15, 0.2) is 36.7 Å². The van der Waals surface area contributed by atoms with E-state index in [1.54, 1.807) is 19.5 Å². The lowest BCUT2D eigenvalue weighted by molar-refractivity contribution is 0.407. The minimum atomic E-state index is 0.436. The van der Waals surface area contributed by atoms with Crippen molar-refractivity contribution >= 4 is 0 Å². The first kappa shape index (κ1) is 11.9. The molecule has 0 saturated carbocycles. The maximum Gasteiger partial charge on any atom is 0.164 e. The number of hydrogen-bond acceptors (Lipinski definition) is 5. The first-order valence-corrected chi connectivity index (χ1v) is 6.20. The normalized spacial score (nSPS) is 14.8. The Labute approximate surface area is 111 Å². The van der Waals surface area contributed by atoms with Crippen molar-refractivity contribution in [1.29, 1.82) is 0 Å². The van der Waals surface area contributed by atoms with Crippen molar-refractivity contribution in [3.8, 4) is 17.2 Å². The van der Waals surface area contributed by atoms with E-state index in [0.29, 0.717) is 17.4 Å². The highest BCUT2D eigenvalue weighted by Gasteiger charge is 2.21. The van der Waals surface area contributed by atoms with E-state index in [4.69, 9.17) is 9.47 Å². The lowest BCUT2D eigenvalue weighted by Gasteiger charge is -2.25. The summed E-state index contributed by atoms with van der Waals surface area (Å²) < 4.78 is 10.8. The monoisotopic (exact) mass is 257 g/mol. The largest absolute Gasteiger partial charge is 0.497 e. The van der Waals surface area contributed by atoms with Gasteiger partial charge in [0, 0.05) is 25.1 Å². The molecule has 98 valence electrons. The Morgan fingerprint density at radius 1 is 1.11 bits per heavy atom. The molecule has 5 nitrogen and oxygen atoms in total.